The molecule has 6 N–H and O–H groups in total. The Morgan fingerprint density at radius 1 is 0.903 bits per heavy atom. The van der Waals surface area contributed by atoms with Crippen molar-refractivity contribution in [1.29, 1.82) is 0 Å². The molecule has 5 atom stereocenters. The zero-order chi connectivity index (χ0) is 22.1. The average molecular weight is 433 g/mol. The van der Waals surface area contributed by atoms with E-state index in [1.165, 1.54) is 0 Å². The molecule has 2 aromatic carbocycles. The lowest BCUT2D eigenvalue weighted by Crippen LogP contribution is -2.61. The van der Waals surface area contributed by atoms with Crippen molar-refractivity contribution in [2.24, 2.45) is 5.73 Å². The molecular weight excluding hydrogens is 406 g/mol. The fourth-order valence-electron chi connectivity index (χ4n) is 4.04. The molecule has 0 aromatic heterocycles. The van der Waals surface area contributed by atoms with E-state index < -0.39 is 36.7 Å². The topological polar surface area (TPSA) is 152 Å². The van der Waals surface area contributed by atoms with E-state index >= 15 is 0 Å². The third-order valence-electron chi connectivity index (χ3n) is 5.88. The molecule has 2 aromatic rings. The number of aliphatic carboxylic acids is 1. The number of hydrogen-bond donors (Lipinski definition) is 5. The lowest BCUT2D eigenvalue weighted by Gasteiger charge is -2.38. The summed E-state index contributed by atoms with van der Waals surface area (Å²) in [4.78, 5) is 11.4. The molecule has 5 unspecified atom stereocenters. The van der Waals surface area contributed by atoms with Crippen molar-refractivity contribution in [3.05, 3.63) is 36.4 Å². The number of fused-ring (bicyclic) bond motifs is 1. The Morgan fingerprint density at radius 3 is 2.06 bits per heavy atom. The number of aliphatic hydroxyl groups is 3. The van der Waals surface area contributed by atoms with Crippen LogP contribution in [0, 0.1) is 0 Å². The number of hydrogen-bond acceptors (Lipinski definition) is 8. The van der Waals surface area contributed by atoms with E-state index in [4.69, 9.17) is 19.9 Å². The molecule has 2 aliphatic rings. The Bertz CT molecular complexity index is 929. The van der Waals surface area contributed by atoms with Gasteiger partial charge in [-0.3, -0.25) is 0 Å². The summed E-state index contributed by atoms with van der Waals surface area (Å²) >= 11 is 0. The van der Waals surface area contributed by atoms with Crippen LogP contribution in [0.2, 0.25) is 0 Å². The van der Waals surface area contributed by atoms with Crippen LogP contribution in [0.25, 0.3) is 10.8 Å². The van der Waals surface area contributed by atoms with Crippen LogP contribution in [0.3, 0.4) is 0 Å². The highest BCUT2D eigenvalue weighted by atomic mass is 16.7. The smallest absolute Gasteiger partial charge is 0.335 e. The van der Waals surface area contributed by atoms with E-state index in [9.17, 15) is 25.2 Å². The second kappa shape index (κ2) is 8.97. The van der Waals surface area contributed by atoms with Gasteiger partial charge in [0, 0.05) is 6.04 Å². The molecule has 0 bridgehead atoms. The first-order valence-corrected chi connectivity index (χ1v) is 10.4. The third kappa shape index (κ3) is 4.60. The van der Waals surface area contributed by atoms with Crippen LogP contribution < -0.4 is 15.2 Å². The second-order valence-corrected chi connectivity index (χ2v) is 8.15. The van der Waals surface area contributed by atoms with E-state index in [2.05, 4.69) is 0 Å². The van der Waals surface area contributed by atoms with E-state index in [-0.39, 0.29) is 17.9 Å². The highest BCUT2D eigenvalue weighted by Gasteiger charge is 2.48. The number of carboxylic acids is 1. The number of rotatable bonds is 5. The predicted molar refractivity (Wildman–Crippen MR) is 110 cm³/mol. The highest BCUT2D eigenvalue weighted by molar-refractivity contribution is 5.86. The SMILES string of the molecule is NC1CCC(Oc2cc3ccccc3cc2OC2OC(C(=O)O)C(O)C(O)C2O)CC1. The largest absolute Gasteiger partial charge is 0.487 e. The summed E-state index contributed by atoms with van der Waals surface area (Å²) in [5.41, 5.74) is 5.98. The molecule has 0 amide bonds. The maximum absolute atomic E-state index is 11.4. The van der Waals surface area contributed by atoms with Crippen LogP contribution >= 0.6 is 0 Å². The van der Waals surface area contributed by atoms with Crippen LogP contribution in [0.1, 0.15) is 25.7 Å². The molecular formula is C22H27NO8. The summed E-state index contributed by atoms with van der Waals surface area (Å²) in [6, 6.07) is 11.3. The normalized spacial score (nSPS) is 33.7. The summed E-state index contributed by atoms with van der Waals surface area (Å²) < 4.78 is 17.3. The lowest BCUT2D eigenvalue weighted by molar-refractivity contribution is -0.271. The van der Waals surface area contributed by atoms with Gasteiger partial charge in [-0.15, -0.1) is 0 Å². The van der Waals surface area contributed by atoms with Crippen molar-refractivity contribution in [2.45, 2.75) is 68.5 Å². The molecule has 168 valence electrons. The first kappa shape index (κ1) is 21.8. The molecule has 1 saturated carbocycles. The molecule has 1 saturated heterocycles. The number of carbonyl (C=O) groups is 1. The zero-order valence-corrected chi connectivity index (χ0v) is 16.8. The van der Waals surface area contributed by atoms with Gasteiger partial charge in [-0.2, -0.15) is 0 Å². The minimum atomic E-state index is -1.79. The zero-order valence-electron chi connectivity index (χ0n) is 16.8. The van der Waals surface area contributed by atoms with E-state index in [1.807, 2.05) is 30.3 Å². The average Bonchev–Trinajstić information content (AvgIpc) is 2.75. The van der Waals surface area contributed by atoms with Crippen LogP contribution in [0.4, 0.5) is 0 Å². The minimum absolute atomic E-state index is 0.0558. The van der Waals surface area contributed by atoms with Gasteiger partial charge in [0.05, 0.1) is 6.10 Å². The molecule has 31 heavy (non-hydrogen) atoms. The van der Waals surface area contributed by atoms with Gasteiger partial charge < -0.3 is 40.4 Å². The maximum atomic E-state index is 11.4. The van der Waals surface area contributed by atoms with Gasteiger partial charge in [-0.1, -0.05) is 24.3 Å². The van der Waals surface area contributed by atoms with Crippen molar-refractivity contribution < 1.29 is 39.4 Å². The van der Waals surface area contributed by atoms with Gasteiger partial charge in [0.2, 0.25) is 6.29 Å². The van der Waals surface area contributed by atoms with Gasteiger partial charge in [0.15, 0.2) is 17.6 Å². The standard InChI is InChI=1S/C22H27NO8/c23-13-5-7-14(8-6-13)29-15-9-11-3-1-2-4-12(11)10-16(15)30-22-19(26)17(24)18(25)20(31-22)21(27)28/h1-4,9-10,13-14,17-20,22,24-26H,5-8,23H2,(H,27,28). The quantitative estimate of drug-likeness (QED) is 0.460. The number of ether oxygens (including phenoxy) is 3. The maximum Gasteiger partial charge on any atom is 0.335 e. The van der Waals surface area contributed by atoms with Gasteiger partial charge >= 0.3 is 5.97 Å². The molecule has 9 nitrogen and oxygen atoms in total. The van der Waals surface area contributed by atoms with Gasteiger partial charge in [0.25, 0.3) is 0 Å². The number of nitrogens with two attached hydrogens (primary N) is 1. The monoisotopic (exact) mass is 433 g/mol. The minimum Gasteiger partial charge on any atom is -0.487 e. The van der Waals surface area contributed by atoms with Crippen molar-refractivity contribution >= 4 is 16.7 Å². The number of carboxylic acid groups (broad SMARTS) is 1. The van der Waals surface area contributed by atoms with Crippen molar-refractivity contribution in [3.63, 3.8) is 0 Å². The van der Waals surface area contributed by atoms with Crippen LogP contribution in [-0.2, 0) is 9.53 Å². The summed E-state index contributed by atoms with van der Waals surface area (Å²) in [5.74, 6) is -0.812. The number of aliphatic hydroxyl groups excluding tert-OH is 3. The van der Waals surface area contributed by atoms with Crippen LogP contribution in [0.15, 0.2) is 36.4 Å². The Balaban J connectivity index is 1.62. The lowest BCUT2D eigenvalue weighted by atomic mass is 9.93. The highest BCUT2D eigenvalue weighted by Crippen LogP contribution is 2.37. The Hall–Kier alpha value is -2.43. The molecule has 0 radical (unpaired) electrons. The first-order valence-electron chi connectivity index (χ1n) is 10.4. The molecule has 2 fully saturated rings. The van der Waals surface area contributed by atoms with Crippen molar-refractivity contribution in [2.75, 3.05) is 0 Å². The Labute approximate surface area is 178 Å². The van der Waals surface area contributed by atoms with Crippen molar-refractivity contribution in [1.82, 2.24) is 0 Å². The third-order valence-corrected chi connectivity index (χ3v) is 5.88. The van der Waals surface area contributed by atoms with Crippen molar-refractivity contribution in [3.8, 4) is 11.5 Å². The van der Waals surface area contributed by atoms with Gasteiger partial charge in [-0.25, -0.2) is 4.79 Å². The first-order chi connectivity index (χ1) is 14.8. The Kier molecular flexibility index (Phi) is 6.31. The van der Waals surface area contributed by atoms with Gasteiger partial charge in [-0.05, 0) is 48.6 Å². The summed E-state index contributed by atoms with van der Waals surface area (Å²) in [5, 5.41) is 41.3. The molecule has 1 aliphatic carbocycles. The Morgan fingerprint density at radius 2 is 1.48 bits per heavy atom. The fraction of sp³-hybridized carbons (Fsp3) is 0.500. The van der Waals surface area contributed by atoms with E-state index in [0.29, 0.717) is 5.75 Å². The molecule has 1 heterocycles. The molecule has 9 heteroatoms. The second-order valence-electron chi connectivity index (χ2n) is 8.15. The molecule has 0 spiro atoms. The summed E-state index contributed by atoms with van der Waals surface area (Å²) in [7, 11) is 0. The summed E-state index contributed by atoms with van der Waals surface area (Å²) in [6.45, 7) is 0. The molecule has 4 rings (SSSR count). The van der Waals surface area contributed by atoms with Crippen LogP contribution in [0.5, 0.6) is 11.5 Å². The van der Waals surface area contributed by atoms with Crippen LogP contribution in [-0.4, -0.2) is 69.2 Å². The predicted octanol–water partition coefficient (Wildman–Crippen LogP) is 0.759. The summed E-state index contributed by atoms with van der Waals surface area (Å²) in [6.07, 6.45) is -5.21. The molecule has 1 aliphatic heterocycles. The van der Waals surface area contributed by atoms with E-state index in [1.54, 1.807) is 6.07 Å². The van der Waals surface area contributed by atoms with E-state index in [0.717, 1.165) is 36.5 Å². The fourth-order valence-corrected chi connectivity index (χ4v) is 4.04. The van der Waals surface area contributed by atoms with Gasteiger partial charge in [0.1, 0.15) is 18.3 Å². The number of benzene rings is 2.